The molecule has 0 spiro atoms. The predicted octanol–water partition coefficient (Wildman–Crippen LogP) is 3.46. The number of esters is 1. The fourth-order valence-electron chi connectivity index (χ4n) is 2.00. The summed E-state index contributed by atoms with van der Waals surface area (Å²) in [6.07, 6.45) is 0.905. The highest BCUT2D eigenvalue weighted by molar-refractivity contribution is 7.98. The van der Waals surface area contributed by atoms with Gasteiger partial charge in [-0.3, -0.25) is 4.79 Å². The number of amides is 1. The minimum Gasteiger partial charge on any atom is -0.449 e. The van der Waals surface area contributed by atoms with Crippen molar-refractivity contribution in [2.45, 2.75) is 17.9 Å². The Hall–Kier alpha value is -2.78. The van der Waals surface area contributed by atoms with Gasteiger partial charge in [0.2, 0.25) is 0 Å². The van der Waals surface area contributed by atoms with E-state index in [-0.39, 0.29) is 0 Å². The van der Waals surface area contributed by atoms with Gasteiger partial charge in [0.25, 0.3) is 5.91 Å². The number of carbonyl (C=O) groups is 2. The number of nitrogens with one attached hydrogen (secondary N) is 1. The van der Waals surface area contributed by atoms with E-state index in [1.165, 1.54) is 18.7 Å². The first-order valence-electron chi connectivity index (χ1n) is 7.20. The number of thioether (sulfide) groups is 1. The van der Waals surface area contributed by atoms with E-state index in [9.17, 15) is 9.59 Å². The van der Waals surface area contributed by atoms with Crippen LogP contribution in [0.1, 0.15) is 22.8 Å². The number of nitriles is 1. The van der Waals surface area contributed by atoms with E-state index in [0.29, 0.717) is 16.8 Å². The zero-order chi connectivity index (χ0) is 17.5. The van der Waals surface area contributed by atoms with Gasteiger partial charge in [0.05, 0.1) is 17.2 Å². The lowest BCUT2D eigenvalue weighted by molar-refractivity contribution is -0.123. The smallest absolute Gasteiger partial charge is 0.340 e. The lowest BCUT2D eigenvalue weighted by Crippen LogP contribution is -2.30. The fourth-order valence-corrected chi connectivity index (χ4v) is 2.59. The van der Waals surface area contributed by atoms with E-state index >= 15 is 0 Å². The molecule has 0 bridgehead atoms. The number of benzene rings is 2. The number of hydrogen-bond acceptors (Lipinski definition) is 5. The lowest BCUT2D eigenvalue weighted by atomic mass is 10.2. The van der Waals surface area contributed by atoms with E-state index in [1.54, 1.807) is 36.4 Å². The summed E-state index contributed by atoms with van der Waals surface area (Å²) in [5, 5.41) is 11.5. The van der Waals surface area contributed by atoms with Crippen LogP contribution in [0, 0.1) is 11.3 Å². The number of carbonyl (C=O) groups excluding carboxylic acids is 2. The third kappa shape index (κ3) is 4.37. The zero-order valence-corrected chi connectivity index (χ0v) is 14.1. The maximum atomic E-state index is 12.2. The van der Waals surface area contributed by atoms with Crippen molar-refractivity contribution < 1.29 is 14.3 Å². The molecule has 1 N–H and O–H groups in total. The fraction of sp³-hybridized carbons (Fsp3) is 0.167. The summed E-state index contributed by atoms with van der Waals surface area (Å²) in [5.41, 5.74) is 1.34. The number of anilines is 1. The molecule has 0 unspecified atom stereocenters. The quantitative estimate of drug-likeness (QED) is 0.666. The highest BCUT2D eigenvalue weighted by Crippen LogP contribution is 2.21. The summed E-state index contributed by atoms with van der Waals surface area (Å²) in [5.74, 6) is -1.01. The van der Waals surface area contributed by atoms with Crippen molar-refractivity contribution in [3.8, 4) is 6.07 Å². The largest absolute Gasteiger partial charge is 0.449 e. The summed E-state index contributed by atoms with van der Waals surface area (Å²) < 4.78 is 5.24. The van der Waals surface area contributed by atoms with Gasteiger partial charge >= 0.3 is 5.97 Å². The molecule has 0 aliphatic heterocycles. The topological polar surface area (TPSA) is 79.2 Å². The van der Waals surface area contributed by atoms with Crippen molar-refractivity contribution >= 4 is 29.3 Å². The van der Waals surface area contributed by atoms with Crippen LogP contribution < -0.4 is 5.32 Å². The minimum absolute atomic E-state index is 0.427. The number of hydrogen-bond donors (Lipinski definition) is 1. The first kappa shape index (κ1) is 17.6. The molecule has 5 nitrogen and oxygen atoms in total. The van der Waals surface area contributed by atoms with E-state index in [2.05, 4.69) is 5.32 Å². The van der Waals surface area contributed by atoms with Crippen LogP contribution in [-0.4, -0.2) is 24.2 Å². The molecule has 0 saturated carbocycles. The van der Waals surface area contributed by atoms with Crippen LogP contribution in [-0.2, 0) is 9.53 Å². The number of ether oxygens (including phenoxy) is 1. The second-order valence-electron chi connectivity index (χ2n) is 4.93. The Bertz CT molecular complexity index is 799. The highest BCUT2D eigenvalue weighted by atomic mass is 32.2. The van der Waals surface area contributed by atoms with Gasteiger partial charge in [0.15, 0.2) is 6.10 Å². The maximum absolute atomic E-state index is 12.2. The maximum Gasteiger partial charge on any atom is 0.340 e. The van der Waals surface area contributed by atoms with Crippen LogP contribution in [0.5, 0.6) is 0 Å². The van der Waals surface area contributed by atoms with Crippen LogP contribution in [0.3, 0.4) is 0 Å². The molecule has 0 fully saturated rings. The molecule has 2 rings (SSSR count). The Morgan fingerprint density at radius 2 is 1.96 bits per heavy atom. The molecule has 2 aromatic carbocycles. The summed E-state index contributed by atoms with van der Waals surface area (Å²) in [6, 6.07) is 15.6. The Labute approximate surface area is 144 Å². The first-order valence-corrected chi connectivity index (χ1v) is 8.42. The second-order valence-corrected chi connectivity index (χ2v) is 5.78. The van der Waals surface area contributed by atoms with Crippen molar-refractivity contribution in [1.82, 2.24) is 0 Å². The van der Waals surface area contributed by atoms with Gasteiger partial charge in [0.1, 0.15) is 0 Å². The van der Waals surface area contributed by atoms with Crippen molar-refractivity contribution in [2.24, 2.45) is 0 Å². The minimum atomic E-state index is -0.960. The number of nitrogens with zero attached hydrogens (tertiary/aromatic N) is 1. The number of rotatable bonds is 5. The molecule has 0 aromatic heterocycles. The molecule has 6 heteroatoms. The average Bonchev–Trinajstić information content (AvgIpc) is 2.61. The molecular formula is C18H16N2O3S. The second kappa shape index (κ2) is 8.18. The molecule has 0 aliphatic rings. The van der Waals surface area contributed by atoms with Gasteiger partial charge in [-0.25, -0.2) is 4.79 Å². The van der Waals surface area contributed by atoms with Crippen molar-refractivity contribution in [1.29, 1.82) is 5.26 Å². The summed E-state index contributed by atoms with van der Waals surface area (Å²) in [7, 11) is 0. The van der Waals surface area contributed by atoms with Gasteiger partial charge < -0.3 is 10.1 Å². The van der Waals surface area contributed by atoms with Gasteiger partial charge in [-0.2, -0.15) is 5.26 Å². The van der Waals surface area contributed by atoms with Crippen molar-refractivity contribution in [3.05, 3.63) is 59.7 Å². The Balaban J connectivity index is 2.03. The van der Waals surface area contributed by atoms with Gasteiger partial charge in [-0.05, 0) is 43.5 Å². The third-order valence-electron chi connectivity index (χ3n) is 3.24. The van der Waals surface area contributed by atoms with Gasteiger partial charge in [-0.15, -0.1) is 11.8 Å². The molecule has 0 radical (unpaired) electrons. The highest BCUT2D eigenvalue weighted by Gasteiger charge is 2.20. The Morgan fingerprint density at radius 1 is 1.21 bits per heavy atom. The van der Waals surface area contributed by atoms with Crippen molar-refractivity contribution in [3.63, 3.8) is 0 Å². The normalized spacial score (nSPS) is 11.2. The van der Waals surface area contributed by atoms with Crippen LogP contribution in [0.2, 0.25) is 0 Å². The molecule has 1 atom stereocenters. The summed E-state index contributed by atoms with van der Waals surface area (Å²) in [6.45, 7) is 1.50. The predicted molar refractivity (Wildman–Crippen MR) is 92.9 cm³/mol. The van der Waals surface area contributed by atoms with Crippen LogP contribution in [0.4, 0.5) is 5.69 Å². The Kier molecular flexibility index (Phi) is 5.99. The molecule has 0 saturated heterocycles. The van der Waals surface area contributed by atoms with Crippen molar-refractivity contribution in [2.75, 3.05) is 11.6 Å². The molecule has 0 aliphatic carbocycles. The van der Waals surface area contributed by atoms with E-state index < -0.39 is 18.0 Å². The van der Waals surface area contributed by atoms with Crippen LogP contribution >= 0.6 is 11.8 Å². The van der Waals surface area contributed by atoms with E-state index in [4.69, 9.17) is 10.00 Å². The van der Waals surface area contributed by atoms with E-state index in [0.717, 1.165) is 4.90 Å². The lowest BCUT2D eigenvalue weighted by Gasteiger charge is -2.14. The summed E-state index contributed by atoms with van der Waals surface area (Å²) in [4.78, 5) is 25.2. The first-order chi connectivity index (χ1) is 11.5. The molecule has 122 valence electrons. The Morgan fingerprint density at radius 3 is 2.67 bits per heavy atom. The standard InChI is InChI=1S/C18H16N2O3S/c1-12(17(21)20-14-7-5-6-13(10-14)11-19)23-18(22)15-8-3-4-9-16(15)24-2/h3-10,12H,1-2H3,(H,20,21)/t12-/m0/s1. The molecule has 0 heterocycles. The van der Waals surface area contributed by atoms with Crippen LogP contribution in [0.15, 0.2) is 53.4 Å². The third-order valence-corrected chi connectivity index (χ3v) is 4.03. The van der Waals surface area contributed by atoms with Crippen LogP contribution in [0.25, 0.3) is 0 Å². The monoisotopic (exact) mass is 340 g/mol. The van der Waals surface area contributed by atoms with Gasteiger partial charge in [-0.1, -0.05) is 18.2 Å². The SMILES string of the molecule is CSc1ccccc1C(=O)O[C@@H](C)C(=O)Nc1cccc(C#N)c1. The average molecular weight is 340 g/mol. The molecule has 2 aromatic rings. The zero-order valence-electron chi connectivity index (χ0n) is 13.3. The van der Waals surface area contributed by atoms with E-state index in [1.807, 2.05) is 24.5 Å². The molecule has 1 amide bonds. The van der Waals surface area contributed by atoms with Gasteiger partial charge in [0, 0.05) is 10.6 Å². The molecular weight excluding hydrogens is 324 g/mol. The summed E-state index contributed by atoms with van der Waals surface area (Å²) >= 11 is 1.43. The molecule has 24 heavy (non-hydrogen) atoms.